The number of carbonyl (C=O) groups excluding carboxylic acids is 1. The first-order valence-corrected chi connectivity index (χ1v) is 5.54. The van der Waals surface area contributed by atoms with Gasteiger partial charge >= 0.3 is 11.9 Å². The first-order valence-electron chi connectivity index (χ1n) is 5.54. The molecule has 0 amide bonds. The summed E-state index contributed by atoms with van der Waals surface area (Å²) >= 11 is 0. The molecule has 1 aliphatic rings. The summed E-state index contributed by atoms with van der Waals surface area (Å²) in [5.74, 6) is -6.25. The van der Waals surface area contributed by atoms with Crippen LogP contribution in [0, 0.1) is 5.41 Å². The molecule has 0 radical (unpaired) electrons. The maximum Gasteiger partial charge on any atom is 0.325 e. The van der Waals surface area contributed by atoms with Gasteiger partial charge in [-0.15, -0.1) is 0 Å². The van der Waals surface area contributed by atoms with Gasteiger partial charge in [0.05, 0.1) is 6.04 Å². The fraction of sp³-hybridized carbons (Fsp3) is 0.818. The number of esters is 1. The van der Waals surface area contributed by atoms with Crippen molar-refractivity contribution in [3.8, 4) is 0 Å². The van der Waals surface area contributed by atoms with Crippen molar-refractivity contribution in [1.29, 1.82) is 0 Å². The number of hydrogen-bond acceptors (Lipinski definition) is 4. The van der Waals surface area contributed by atoms with E-state index < -0.39 is 47.8 Å². The maximum atomic E-state index is 13.4. The van der Waals surface area contributed by atoms with Gasteiger partial charge in [0.15, 0.2) is 5.41 Å². The first kappa shape index (κ1) is 14.8. The largest absolute Gasteiger partial charge is 0.480 e. The maximum absolute atomic E-state index is 13.4. The molecule has 2 unspecified atom stereocenters. The zero-order valence-electron chi connectivity index (χ0n) is 10.5. The molecule has 3 N–H and O–H groups in total. The van der Waals surface area contributed by atoms with E-state index in [0.717, 1.165) is 0 Å². The van der Waals surface area contributed by atoms with Crippen molar-refractivity contribution in [3.05, 3.63) is 0 Å². The van der Waals surface area contributed by atoms with Crippen LogP contribution in [0.25, 0.3) is 0 Å². The fourth-order valence-corrected chi connectivity index (χ4v) is 1.96. The molecular weight excluding hydrogens is 248 g/mol. The quantitative estimate of drug-likeness (QED) is 0.577. The molecule has 2 atom stereocenters. The summed E-state index contributed by atoms with van der Waals surface area (Å²) in [6, 6.07) is -2.07. The Kier molecular flexibility index (Phi) is 3.42. The monoisotopic (exact) mass is 265 g/mol. The van der Waals surface area contributed by atoms with Gasteiger partial charge in [-0.2, -0.15) is 0 Å². The summed E-state index contributed by atoms with van der Waals surface area (Å²) in [5, 5.41) is 9.12. The third-order valence-corrected chi connectivity index (χ3v) is 2.98. The molecule has 0 aromatic heterocycles. The van der Waals surface area contributed by atoms with Crippen molar-refractivity contribution in [2.24, 2.45) is 11.1 Å². The minimum atomic E-state index is -3.38. The number of nitrogens with two attached hydrogens (primary N) is 1. The van der Waals surface area contributed by atoms with E-state index in [1.807, 2.05) is 0 Å². The van der Waals surface area contributed by atoms with Gasteiger partial charge in [-0.05, 0) is 27.2 Å². The van der Waals surface area contributed by atoms with Crippen LogP contribution in [-0.4, -0.2) is 34.6 Å². The lowest BCUT2D eigenvalue weighted by Crippen LogP contribution is -2.56. The zero-order valence-corrected chi connectivity index (χ0v) is 10.5. The molecule has 0 aromatic rings. The van der Waals surface area contributed by atoms with Gasteiger partial charge in [-0.1, -0.05) is 0 Å². The van der Waals surface area contributed by atoms with E-state index in [0.29, 0.717) is 0 Å². The molecule has 1 fully saturated rings. The number of carboxylic acids is 1. The number of hydrogen-bond donors (Lipinski definition) is 2. The van der Waals surface area contributed by atoms with E-state index in [1.54, 1.807) is 0 Å². The summed E-state index contributed by atoms with van der Waals surface area (Å²) < 4.78 is 31.7. The standard InChI is InChI=1S/C11H17F2NO4/c1-9(2,3)18-8(17)10(7(15)16)4-5-11(12,13)6(10)14/h6H,4-5,14H2,1-3H3,(H,15,16). The number of carboxylic acid groups (broad SMARTS) is 1. The highest BCUT2D eigenvalue weighted by Crippen LogP contribution is 2.47. The number of aliphatic carboxylic acids is 1. The van der Waals surface area contributed by atoms with Crippen LogP contribution in [0.1, 0.15) is 33.6 Å². The summed E-state index contributed by atoms with van der Waals surface area (Å²) in [7, 11) is 0. The predicted molar refractivity (Wildman–Crippen MR) is 58.1 cm³/mol. The molecule has 0 aliphatic heterocycles. The molecule has 1 aliphatic carbocycles. The lowest BCUT2D eigenvalue weighted by Gasteiger charge is -2.31. The molecule has 18 heavy (non-hydrogen) atoms. The molecular formula is C11H17F2NO4. The molecule has 0 heterocycles. The predicted octanol–water partition coefficient (Wildman–Crippen LogP) is 1.16. The number of carbonyl (C=O) groups is 2. The second-order valence-corrected chi connectivity index (χ2v) is 5.52. The Balaban J connectivity index is 3.12. The Hall–Kier alpha value is -1.24. The molecule has 1 rings (SSSR count). The highest BCUT2D eigenvalue weighted by molar-refractivity contribution is 6.01. The summed E-state index contributed by atoms with van der Waals surface area (Å²) in [6.45, 7) is 4.58. The average molecular weight is 265 g/mol. The van der Waals surface area contributed by atoms with Gasteiger partial charge in [0.1, 0.15) is 5.60 Å². The van der Waals surface area contributed by atoms with Gasteiger partial charge < -0.3 is 15.6 Å². The molecule has 0 saturated heterocycles. The Morgan fingerprint density at radius 2 is 1.83 bits per heavy atom. The van der Waals surface area contributed by atoms with Crippen LogP contribution in [0.2, 0.25) is 0 Å². The highest BCUT2D eigenvalue weighted by atomic mass is 19.3. The average Bonchev–Trinajstić information content (AvgIpc) is 2.37. The van der Waals surface area contributed by atoms with Gasteiger partial charge in [-0.25, -0.2) is 8.78 Å². The molecule has 0 aromatic carbocycles. The summed E-state index contributed by atoms with van der Waals surface area (Å²) in [4.78, 5) is 23.1. The van der Waals surface area contributed by atoms with Crippen LogP contribution >= 0.6 is 0 Å². The summed E-state index contributed by atoms with van der Waals surface area (Å²) in [5.41, 5.74) is 1.96. The van der Waals surface area contributed by atoms with Gasteiger partial charge in [0.2, 0.25) is 0 Å². The van der Waals surface area contributed by atoms with Crippen LogP contribution < -0.4 is 5.73 Å². The Bertz CT molecular complexity index is 378. The van der Waals surface area contributed by atoms with E-state index >= 15 is 0 Å². The van der Waals surface area contributed by atoms with Gasteiger partial charge in [0.25, 0.3) is 5.92 Å². The topological polar surface area (TPSA) is 89.6 Å². The molecule has 5 nitrogen and oxygen atoms in total. The van der Waals surface area contributed by atoms with Crippen molar-refractivity contribution >= 4 is 11.9 Å². The molecule has 1 saturated carbocycles. The van der Waals surface area contributed by atoms with E-state index in [1.165, 1.54) is 20.8 Å². The second-order valence-electron chi connectivity index (χ2n) is 5.52. The van der Waals surface area contributed by atoms with Crippen molar-refractivity contribution in [3.63, 3.8) is 0 Å². The number of halogens is 2. The van der Waals surface area contributed by atoms with Gasteiger partial charge in [-0.3, -0.25) is 9.59 Å². The first-order chi connectivity index (χ1) is 7.93. The van der Waals surface area contributed by atoms with Crippen molar-refractivity contribution in [1.82, 2.24) is 0 Å². The lowest BCUT2D eigenvalue weighted by atomic mass is 9.82. The van der Waals surface area contributed by atoms with Crippen LogP contribution in [0.3, 0.4) is 0 Å². The number of alkyl halides is 2. The van der Waals surface area contributed by atoms with E-state index in [4.69, 9.17) is 15.6 Å². The van der Waals surface area contributed by atoms with Crippen molar-refractivity contribution in [2.75, 3.05) is 0 Å². The summed E-state index contributed by atoms with van der Waals surface area (Å²) in [6.07, 6.45) is -1.26. The Morgan fingerprint density at radius 1 is 1.33 bits per heavy atom. The fourth-order valence-electron chi connectivity index (χ4n) is 1.96. The third-order valence-electron chi connectivity index (χ3n) is 2.98. The van der Waals surface area contributed by atoms with Crippen molar-refractivity contribution in [2.45, 2.75) is 51.2 Å². The van der Waals surface area contributed by atoms with Gasteiger partial charge in [0, 0.05) is 6.42 Å². The SMILES string of the molecule is CC(C)(C)OC(=O)C1(C(=O)O)CCC(F)(F)C1N. The third kappa shape index (κ3) is 2.31. The number of ether oxygens (including phenoxy) is 1. The minimum Gasteiger partial charge on any atom is -0.480 e. The molecule has 0 spiro atoms. The second kappa shape index (κ2) is 4.15. The van der Waals surface area contributed by atoms with E-state index in [9.17, 15) is 18.4 Å². The Morgan fingerprint density at radius 3 is 2.11 bits per heavy atom. The lowest BCUT2D eigenvalue weighted by molar-refractivity contribution is -0.180. The molecule has 0 bridgehead atoms. The van der Waals surface area contributed by atoms with Crippen molar-refractivity contribution < 1.29 is 28.2 Å². The molecule has 7 heteroatoms. The minimum absolute atomic E-state index is 0.522. The molecule has 104 valence electrons. The Labute approximate surface area is 103 Å². The highest BCUT2D eigenvalue weighted by Gasteiger charge is 2.66. The van der Waals surface area contributed by atoms with E-state index in [2.05, 4.69) is 0 Å². The normalized spacial score (nSPS) is 31.1. The van der Waals surface area contributed by atoms with Crippen LogP contribution in [0.4, 0.5) is 8.78 Å². The van der Waals surface area contributed by atoms with Crippen LogP contribution in [0.5, 0.6) is 0 Å². The smallest absolute Gasteiger partial charge is 0.325 e. The number of rotatable bonds is 2. The van der Waals surface area contributed by atoms with Crippen LogP contribution in [-0.2, 0) is 14.3 Å². The zero-order chi connectivity index (χ0) is 14.4. The van der Waals surface area contributed by atoms with Crippen LogP contribution in [0.15, 0.2) is 0 Å². The van der Waals surface area contributed by atoms with E-state index in [-0.39, 0.29) is 0 Å².